The van der Waals surface area contributed by atoms with Crippen molar-refractivity contribution in [2.24, 2.45) is 5.73 Å². The van der Waals surface area contributed by atoms with Crippen LogP contribution < -0.4 is 11.5 Å². The molecule has 0 spiro atoms. The number of amides is 1. The smallest absolute Gasteiger partial charge is 0.248 e. The van der Waals surface area contributed by atoms with Crippen LogP contribution in [0, 0.1) is 0 Å². The van der Waals surface area contributed by atoms with E-state index in [2.05, 4.69) is 15.9 Å². The number of rotatable bonds is 4. The number of primary amides is 1. The molecular formula is C14H13BrN2O3S. The maximum Gasteiger partial charge on any atom is 0.248 e. The first-order valence-electron chi connectivity index (χ1n) is 5.96. The van der Waals surface area contributed by atoms with Gasteiger partial charge in [-0.05, 0) is 35.9 Å². The van der Waals surface area contributed by atoms with Crippen molar-refractivity contribution in [2.75, 3.05) is 5.73 Å². The largest absolute Gasteiger partial charge is 0.398 e. The molecule has 0 radical (unpaired) electrons. The van der Waals surface area contributed by atoms with E-state index >= 15 is 0 Å². The number of hydrogen-bond donors (Lipinski definition) is 2. The van der Waals surface area contributed by atoms with Crippen LogP contribution in [0.15, 0.2) is 51.8 Å². The third kappa shape index (κ3) is 3.62. The molecule has 2 aromatic carbocycles. The van der Waals surface area contributed by atoms with Crippen molar-refractivity contribution in [3.63, 3.8) is 0 Å². The Morgan fingerprint density at radius 3 is 2.52 bits per heavy atom. The van der Waals surface area contributed by atoms with Crippen molar-refractivity contribution in [3.8, 4) is 0 Å². The summed E-state index contributed by atoms with van der Waals surface area (Å²) in [6, 6.07) is 10.9. The monoisotopic (exact) mass is 368 g/mol. The SMILES string of the molecule is NC(=O)c1cccc(CS(=O)(=O)c2cc(Br)ccc2N)c1. The standard InChI is InChI=1S/C14H13BrN2O3S/c15-11-4-5-12(16)13(7-11)21(19,20)8-9-2-1-3-10(6-9)14(17)18/h1-7H,8,16H2,(H2,17,18). The average Bonchev–Trinajstić information content (AvgIpc) is 2.41. The number of nitrogen functional groups attached to an aromatic ring is 1. The Hall–Kier alpha value is -1.86. The highest BCUT2D eigenvalue weighted by Gasteiger charge is 2.19. The maximum atomic E-state index is 12.4. The van der Waals surface area contributed by atoms with E-state index in [-0.39, 0.29) is 21.9 Å². The van der Waals surface area contributed by atoms with E-state index < -0.39 is 15.7 Å². The lowest BCUT2D eigenvalue weighted by Crippen LogP contribution is -2.12. The molecule has 2 rings (SSSR count). The summed E-state index contributed by atoms with van der Waals surface area (Å²) in [5, 5.41) is 0. The van der Waals surface area contributed by atoms with Gasteiger partial charge in [0.25, 0.3) is 0 Å². The highest BCUT2D eigenvalue weighted by atomic mass is 79.9. The van der Waals surface area contributed by atoms with Crippen LogP contribution in [0.5, 0.6) is 0 Å². The molecule has 0 bridgehead atoms. The lowest BCUT2D eigenvalue weighted by Gasteiger charge is -2.09. The predicted octanol–water partition coefficient (Wildman–Crippen LogP) is 2.10. The number of hydrogen-bond acceptors (Lipinski definition) is 4. The van der Waals surface area contributed by atoms with Crippen molar-refractivity contribution >= 4 is 37.4 Å². The molecule has 0 heterocycles. The van der Waals surface area contributed by atoms with E-state index in [4.69, 9.17) is 11.5 Å². The maximum absolute atomic E-state index is 12.4. The fourth-order valence-electron chi connectivity index (χ4n) is 1.89. The van der Waals surface area contributed by atoms with Crippen molar-refractivity contribution in [3.05, 3.63) is 58.1 Å². The lowest BCUT2D eigenvalue weighted by atomic mass is 10.1. The third-order valence-electron chi connectivity index (χ3n) is 2.88. The summed E-state index contributed by atoms with van der Waals surface area (Å²) in [5.74, 6) is -0.856. The van der Waals surface area contributed by atoms with Crippen LogP contribution in [0.2, 0.25) is 0 Å². The molecule has 4 N–H and O–H groups in total. The average molecular weight is 369 g/mol. The Balaban J connectivity index is 2.40. The van der Waals surface area contributed by atoms with Crippen LogP contribution in [-0.4, -0.2) is 14.3 Å². The van der Waals surface area contributed by atoms with Crippen molar-refractivity contribution in [1.82, 2.24) is 0 Å². The van der Waals surface area contributed by atoms with Crippen LogP contribution in [-0.2, 0) is 15.6 Å². The molecular weight excluding hydrogens is 356 g/mol. The fourth-order valence-corrected chi connectivity index (χ4v) is 3.91. The number of carbonyl (C=O) groups is 1. The molecule has 2 aromatic rings. The highest BCUT2D eigenvalue weighted by molar-refractivity contribution is 9.10. The van der Waals surface area contributed by atoms with Gasteiger partial charge in [-0.1, -0.05) is 28.1 Å². The second-order valence-corrected chi connectivity index (χ2v) is 7.38. The molecule has 7 heteroatoms. The molecule has 21 heavy (non-hydrogen) atoms. The zero-order valence-corrected chi connectivity index (χ0v) is 13.3. The molecule has 110 valence electrons. The third-order valence-corrected chi connectivity index (χ3v) is 5.11. The second kappa shape index (κ2) is 5.87. The molecule has 0 saturated heterocycles. The van der Waals surface area contributed by atoms with Gasteiger partial charge in [0, 0.05) is 10.0 Å². The van der Waals surface area contributed by atoms with Gasteiger partial charge in [-0.15, -0.1) is 0 Å². The van der Waals surface area contributed by atoms with E-state index in [1.165, 1.54) is 24.3 Å². The van der Waals surface area contributed by atoms with Gasteiger partial charge in [-0.25, -0.2) is 8.42 Å². The Labute approximate surface area is 131 Å². The van der Waals surface area contributed by atoms with Crippen molar-refractivity contribution in [1.29, 1.82) is 0 Å². The first kappa shape index (κ1) is 15.5. The summed E-state index contributed by atoms with van der Waals surface area (Å²) in [6.07, 6.45) is 0. The van der Waals surface area contributed by atoms with Crippen LogP contribution in [0.3, 0.4) is 0 Å². The summed E-state index contributed by atoms with van der Waals surface area (Å²) in [7, 11) is -3.62. The van der Waals surface area contributed by atoms with Gasteiger partial charge in [-0.2, -0.15) is 0 Å². The highest BCUT2D eigenvalue weighted by Crippen LogP contribution is 2.26. The number of nitrogens with two attached hydrogens (primary N) is 2. The number of sulfone groups is 1. The van der Waals surface area contributed by atoms with Gasteiger partial charge in [0.1, 0.15) is 0 Å². The molecule has 0 aromatic heterocycles. The van der Waals surface area contributed by atoms with E-state index in [1.54, 1.807) is 18.2 Å². The van der Waals surface area contributed by atoms with E-state index in [0.717, 1.165) is 0 Å². The zero-order chi connectivity index (χ0) is 15.6. The van der Waals surface area contributed by atoms with Gasteiger partial charge in [0.2, 0.25) is 5.91 Å². The van der Waals surface area contributed by atoms with Gasteiger partial charge < -0.3 is 11.5 Å². The minimum absolute atomic E-state index is 0.0568. The molecule has 5 nitrogen and oxygen atoms in total. The molecule has 0 atom stereocenters. The summed E-state index contributed by atoms with van der Waals surface area (Å²) in [6.45, 7) is 0. The summed E-state index contributed by atoms with van der Waals surface area (Å²) >= 11 is 3.22. The number of anilines is 1. The normalized spacial score (nSPS) is 11.3. The van der Waals surface area contributed by atoms with Gasteiger partial charge in [-0.3, -0.25) is 4.79 Å². The quantitative estimate of drug-likeness (QED) is 0.806. The fraction of sp³-hybridized carbons (Fsp3) is 0.0714. The van der Waals surface area contributed by atoms with Crippen molar-refractivity contribution < 1.29 is 13.2 Å². The van der Waals surface area contributed by atoms with Gasteiger partial charge in [0.05, 0.1) is 16.3 Å². The second-order valence-electron chi connectivity index (χ2n) is 4.51. The number of halogens is 1. The van der Waals surface area contributed by atoms with E-state index in [0.29, 0.717) is 10.0 Å². The topological polar surface area (TPSA) is 103 Å². The summed E-state index contributed by atoms with van der Waals surface area (Å²) in [5.41, 5.74) is 11.9. The summed E-state index contributed by atoms with van der Waals surface area (Å²) < 4.78 is 25.5. The van der Waals surface area contributed by atoms with Crippen LogP contribution in [0.1, 0.15) is 15.9 Å². The van der Waals surface area contributed by atoms with Crippen LogP contribution >= 0.6 is 15.9 Å². The Morgan fingerprint density at radius 2 is 1.86 bits per heavy atom. The number of benzene rings is 2. The first-order valence-corrected chi connectivity index (χ1v) is 8.40. The minimum Gasteiger partial charge on any atom is -0.398 e. The molecule has 0 fully saturated rings. The molecule has 0 unspecified atom stereocenters. The Morgan fingerprint density at radius 1 is 1.14 bits per heavy atom. The molecule has 0 aliphatic rings. The summed E-state index contributed by atoms with van der Waals surface area (Å²) in [4.78, 5) is 11.2. The van der Waals surface area contributed by atoms with E-state index in [9.17, 15) is 13.2 Å². The predicted molar refractivity (Wildman–Crippen MR) is 84.4 cm³/mol. The van der Waals surface area contributed by atoms with Gasteiger partial charge >= 0.3 is 0 Å². The zero-order valence-electron chi connectivity index (χ0n) is 10.9. The molecule has 0 saturated carbocycles. The van der Waals surface area contributed by atoms with Crippen LogP contribution in [0.25, 0.3) is 0 Å². The lowest BCUT2D eigenvalue weighted by molar-refractivity contribution is 0.1000. The Bertz CT molecular complexity index is 804. The van der Waals surface area contributed by atoms with Crippen LogP contribution in [0.4, 0.5) is 5.69 Å². The molecule has 0 aliphatic carbocycles. The van der Waals surface area contributed by atoms with E-state index in [1.807, 2.05) is 0 Å². The molecule has 1 amide bonds. The first-order chi connectivity index (χ1) is 9.79. The number of carbonyl (C=O) groups excluding carboxylic acids is 1. The molecule has 0 aliphatic heterocycles. The van der Waals surface area contributed by atoms with Gasteiger partial charge in [0.15, 0.2) is 9.84 Å². The van der Waals surface area contributed by atoms with Crippen molar-refractivity contribution in [2.45, 2.75) is 10.6 Å². The Kier molecular flexibility index (Phi) is 4.34. The minimum atomic E-state index is -3.62.